The number of rotatable bonds is 1. The maximum absolute atomic E-state index is 11.4. The molecule has 0 bridgehead atoms. The molecular weight excluding hydrogens is 186 g/mol. The quantitative estimate of drug-likeness (QED) is 0.751. The maximum atomic E-state index is 11.4. The number of nitrogens with one attached hydrogen (secondary N) is 1. The number of benzene rings is 2. The van der Waals surface area contributed by atoms with E-state index in [0.29, 0.717) is 5.56 Å². The van der Waals surface area contributed by atoms with Crippen molar-refractivity contribution in [3.63, 3.8) is 0 Å². The third-order valence-corrected chi connectivity index (χ3v) is 2.48. The van der Waals surface area contributed by atoms with Crippen molar-refractivity contribution in [3.05, 3.63) is 47.5 Å². The summed E-state index contributed by atoms with van der Waals surface area (Å²) >= 11 is 0. The first kappa shape index (κ1) is 9.71. The highest BCUT2D eigenvalue weighted by Crippen LogP contribution is 2.17. The van der Waals surface area contributed by atoms with Gasteiger partial charge >= 0.3 is 0 Å². The van der Waals surface area contributed by atoms with Crippen molar-refractivity contribution in [2.24, 2.45) is 0 Å². The van der Waals surface area contributed by atoms with Gasteiger partial charge < -0.3 is 5.32 Å². The zero-order valence-electron chi connectivity index (χ0n) is 8.87. The van der Waals surface area contributed by atoms with E-state index in [0.717, 1.165) is 5.39 Å². The van der Waals surface area contributed by atoms with Crippen LogP contribution in [-0.2, 0) is 0 Å². The van der Waals surface area contributed by atoms with E-state index >= 15 is 0 Å². The lowest BCUT2D eigenvalue weighted by Crippen LogP contribution is -2.17. The topological polar surface area (TPSA) is 29.1 Å². The average Bonchev–Trinajstić information content (AvgIpc) is 2.27. The molecule has 2 aromatic carbocycles. The molecule has 1 N–H and O–H groups in total. The van der Waals surface area contributed by atoms with Gasteiger partial charge in [0.25, 0.3) is 5.91 Å². The Hall–Kier alpha value is -1.83. The number of hydrogen-bond donors (Lipinski definition) is 1. The summed E-state index contributed by atoms with van der Waals surface area (Å²) in [6, 6.07) is 11.9. The molecule has 0 radical (unpaired) electrons. The summed E-state index contributed by atoms with van der Waals surface area (Å²) in [6.07, 6.45) is 0. The first-order valence-corrected chi connectivity index (χ1v) is 4.93. The van der Waals surface area contributed by atoms with Gasteiger partial charge in [0.1, 0.15) is 0 Å². The van der Waals surface area contributed by atoms with Crippen LogP contribution < -0.4 is 5.32 Å². The third-order valence-electron chi connectivity index (χ3n) is 2.48. The lowest BCUT2D eigenvalue weighted by atomic mass is 10.0. The molecule has 0 saturated carbocycles. The molecule has 2 rings (SSSR count). The van der Waals surface area contributed by atoms with Gasteiger partial charge in [-0.1, -0.05) is 29.8 Å². The molecule has 2 aromatic rings. The minimum atomic E-state index is -0.0440. The molecule has 0 spiro atoms. The van der Waals surface area contributed by atoms with Crippen LogP contribution >= 0.6 is 0 Å². The van der Waals surface area contributed by atoms with Crippen LogP contribution in [0.15, 0.2) is 36.4 Å². The van der Waals surface area contributed by atoms with Crippen LogP contribution in [0.2, 0.25) is 0 Å². The Bertz CT molecular complexity index is 517. The number of fused-ring (bicyclic) bond motifs is 1. The van der Waals surface area contributed by atoms with Crippen molar-refractivity contribution >= 4 is 16.7 Å². The summed E-state index contributed by atoms with van der Waals surface area (Å²) < 4.78 is 0. The van der Waals surface area contributed by atoms with Crippen molar-refractivity contribution in [1.82, 2.24) is 5.32 Å². The predicted molar refractivity (Wildman–Crippen MR) is 62.1 cm³/mol. The van der Waals surface area contributed by atoms with E-state index in [1.165, 1.54) is 10.9 Å². The van der Waals surface area contributed by atoms with Crippen LogP contribution in [0.1, 0.15) is 15.9 Å². The SMILES string of the molecule is CNC(=O)c1ccc2cc(C)ccc2c1. The molecule has 0 atom stereocenters. The normalized spacial score (nSPS) is 10.3. The average molecular weight is 199 g/mol. The van der Waals surface area contributed by atoms with E-state index in [2.05, 4.69) is 24.4 Å². The molecule has 0 saturated heterocycles. The van der Waals surface area contributed by atoms with Gasteiger partial charge in [-0.3, -0.25) is 4.79 Å². The monoisotopic (exact) mass is 199 g/mol. The second kappa shape index (κ2) is 3.73. The number of carbonyl (C=O) groups is 1. The zero-order valence-corrected chi connectivity index (χ0v) is 8.87. The highest BCUT2D eigenvalue weighted by Gasteiger charge is 2.03. The van der Waals surface area contributed by atoms with Crippen LogP contribution in [0.5, 0.6) is 0 Å². The van der Waals surface area contributed by atoms with E-state index in [9.17, 15) is 4.79 Å². The first-order chi connectivity index (χ1) is 7.20. The van der Waals surface area contributed by atoms with Crippen molar-refractivity contribution in [2.75, 3.05) is 7.05 Å². The van der Waals surface area contributed by atoms with Gasteiger partial charge in [-0.15, -0.1) is 0 Å². The minimum absolute atomic E-state index is 0.0440. The van der Waals surface area contributed by atoms with Gasteiger partial charge in [-0.05, 0) is 29.8 Å². The number of hydrogen-bond acceptors (Lipinski definition) is 1. The zero-order chi connectivity index (χ0) is 10.8. The second-order valence-corrected chi connectivity index (χ2v) is 3.64. The molecular formula is C13H13NO. The van der Waals surface area contributed by atoms with Crippen molar-refractivity contribution in [3.8, 4) is 0 Å². The number of aryl methyl sites for hydroxylation is 1. The van der Waals surface area contributed by atoms with Crippen LogP contribution in [-0.4, -0.2) is 13.0 Å². The Kier molecular flexibility index (Phi) is 2.42. The van der Waals surface area contributed by atoms with Crippen LogP contribution in [0.25, 0.3) is 10.8 Å². The Morgan fingerprint density at radius 2 is 1.73 bits per heavy atom. The van der Waals surface area contributed by atoms with Gasteiger partial charge in [0.15, 0.2) is 0 Å². The second-order valence-electron chi connectivity index (χ2n) is 3.64. The molecule has 2 nitrogen and oxygen atoms in total. The molecule has 0 aliphatic rings. The Morgan fingerprint density at radius 3 is 2.47 bits per heavy atom. The fourth-order valence-corrected chi connectivity index (χ4v) is 1.65. The van der Waals surface area contributed by atoms with Gasteiger partial charge in [0, 0.05) is 12.6 Å². The lowest BCUT2D eigenvalue weighted by Gasteiger charge is -2.03. The summed E-state index contributed by atoms with van der Waals surface area (Å²) in [4.78, 5) is 11.4. The Labute approximate surface area is 88.9 Å². The molecule has 0 heterocycles. The summed E-state index contributed by atoms with van der Waals surface area (Å²) in [6.45, 7) is 2.06. The minimum Gasteiger partial charge on any atom is -0.355 e. The van der Waals surface area contributed by atoms with Crippen LogP contribution in [0, 0.1) is 6.92 Å². The van der Waals surface area contributed by atoms with Crippen molar-refractivity contribution in [2.45, 2.75) is 6.92 Å². The van der Waals surface area contributed by atoms with E-state index in [-0.39, 0.29) is 5.91 Å². The fourth-order valence-electron chi connectivity index (χ4n) is 1.65. The molecule has 1 amide bonds. The number of carbonyl (C=O) groups excluding carboxylic acids is 1. The van der Waals surface area contributed by atoms with Gasteiger partial charge in [-0.25, -0.2) is 0 Å². The molecule has 76 valence electrons. The predicted octanol–water partition coefficient (Wildman–Crippen LogP) is 2.51. The van der Waals surface area contributed by atoms with Crippen molar-refractivity contribution in [1.29, 1.82) is 0 Å². The molecule has 2 heteroatoms. The summed E-state index contributed by atoms with van der Waals surface area (Å²) in [5.41, 5.74) is 1.93. The van der Waals surface area contributed by atoms with Gasteiger partial charge in [-0.2, -0.15) is 0 Å². The highest BCUT2D eigenvalue weighted by atomic mass is 16.1. The van der Waals surface area contributed by atoms with Crippen molar-refractivity contribution < 1.29 is 4.79 Å². The molecule has 0 aromatic heterocycles. The maximum Gasteiger partial charge on any atom is 0.251 e. The van der Waals surface area contributed by atoms with E-state index in [1.807, 2.05) is 24.3 Å². The molecule has 0 aliphatic heterocycles. The lowest BCUT2D eigenvalue weighted by molar-refractivity contribution is 0.0963. The standard InChI is InChI=1S/C13H13NO/c1-9-3-4-11-8-12(13(15)14-2)6-5-10(11)7-9/h3-8H,1-2H3,(H,14,15). The smallest absolute Gasteiger partial charge is 0.251 e. The fraction of sp³-hybridized carbons (Fsp3) is 0.154. The summed E-state index contributed by atoms with van der Waals surface area (Å²) in [5.74, 6) is -0.0440. The van der Waals surface area contributed by atoms with Crippen LogP contribution in [0.3, 0.4) is 0 Å². The Morgan fingerprint density at radius 1 is 1.07 bits per heavy atom. The highest BCUT2D eigenvalue weighted by molar-refractivity contribution is 5.98. The van der Waals surface area contributed by atoms with E-state index < -0.39 is 0 Å². The molecule has 15 heavy (non-hydrogen) atoms. The number of amides is 1. The first-order valence-electron chi connectivity index (χ1n) is 4.93. The molecule has 0 aliphatic carbocycles. The van der Waals surface area contributed by atoms with Crippen LogP contribution in [0.4, 0.5) is 0 Å². The van der Waals surface area contributed by atoms with Gasteiger partial charge in [0.2, 0.25) is 0 Å². The van der Waals surface area contributed by atoms with E-state index in [1.54, 1.807) is 7.05 Å². The Balaban J connectivity index is 2.57. The summed E-state index contributed by atoms with van der Waals surface area (Å²) in [5, 5.41) is 4.89. The van der Waals surface area contributed by atoms with Gasteiger partial charge in [0.05, 0.1) is 0 Å². The molecule has 0 unspecified atom stereocenters. The molecule has 0 fully saturated rings. The third kappa shape index (κ3) is 1.84. The summed E-state index contributed by atoms with van der Waals surface area (Å²) in [7, 11) is 1.64. The largest absolute Gasteiger partial charge is 0.355 e. The van der Waals surface area contributed by atoms with E-state index in [4.69, 9.17) is 0 Å².